The van der Waals surface area contributed by atoms with Crippen LogP contribution in [0.4, 0.5) is 5.13 Å². The predicted molar refractivity (Wildman–Crippen MR) is 124 cm³/mol. The number of benzene rings is 1. The number of carbonyl (C=O) groups excluding carboxylic acids is 1. The summed E-state index contributed by atoms with van der Waals surface area (Å²) in [5.41, 5.74) is 0.382. The Morgan fingerprint density at radius 1 is 1.21 bits per heavy atom. The van der Waals surface area contributed by atoms with Gasteiger partial charge < -0.3 is 14.3 Å². The number of oxime groups is 1. The van der Waals surface area contributed by atoms with Gasteiger partial charge in [-0.1, -0.05) is 40.2 Å². The van der Waals surface area contributed by atoms with Crippen molar-refractivity contribution in [2.75, 3.05) is 25.1 Å². The molecule has 1 unspecified atom stereocenters. The average molecular weight is 514 g/mol. The zero-order valence-electron chi connectivity index (χ0n) is 17.7. The quantitative estimate of drug-likeness (QED) is 0.293. The fourth-order valence-corrected chi connectivity index (χ4v) is 5.70. The lowest BCUT2D eigenvalue weighted by atomic mass is 10.1. The number of rotatable bonds is 10. The van der Waals surface area contributed by atoms with E-state index in [4.69, 9.17) is 25.9 Å². The molecule has 2 heterocycles. The summed E-state index contributed by atoms with van der Waals surface area (Å²) in [6, 6.07) is 6.04. The Morgan fingerprint density at radius 2 is 2.00 bits per heavy atom. The molecular weight excluding hydrogens is 490 g/mol. The first kappa shape index (κ1) is 24.1. The van der Waals surface area contributed by atoms with Crippen LogP contribution in [0.25, 0.3) is 0 Å². The van der Waals surface area contributed by atoms with Gasteiger partial charge >= 0.3 is 0 Å². The molecular formula is C21H24ClN3O6S2. The van der Waals surface area contributed by atoms with Crippen molar-refractivity contribution in [1.82, 2.24) is 4.98 Å². The van der Waals surface area contributed by atoms with Crippen LogP contribution in [0.1, 0.15) is 37.7 Å². The Morgan fingerprint density at radius 3 is 2.64 bits per heavy atom. The number of nitrogens with one attached hydrogen (secondary N) is 1. The van der Waals surface area contributed by atoms with Crippen molar-refractivity contribution in [3.8, 4) is 0 Å². The van der Waals surface area contributed by atoms with Crippen molar-refractivity contribution in [2.45, 2.75) is 48.5 Å². The van der Waals surface area contributed by atoms with Crippen LogP contribution in [0.3, 0.4) is 0 Å². The molecule has 2 aliphatic rings. The third kappa shape index (κ3) is 6.51. The summed E-state index contributed by atoms with van der Waals surface area (Å²) in [5.74, 6) is -0.560. The first-order valence-electron chi connectivity index (χ1n) is 10.6. The molecule has 12 heteroatoms. The van der Waals surface area contributed by atoms with Gasteiger partial charge in [0.2, 0.25) is 0 Å². The summed E-state index contributed by atoms with van der Waals surface area (Å²) in [7, 11) is -3.33. The summed E-state index contributed by atoms with van der Waals surface area (Å²) in [5, 5.41) is 6.62. The maximum atomic E-state index is 12.9. The number of aromatic nitrogens is 1. The highest BCUT2D eigenvalue weighted by Gasteiger charge is 2.36. The topological polar surface area (TPSA) is 116 Å². The molecule has 1 amide bonds. The fourth-order valence-electron chi connectivity index (χ4n) is 3.24. The van der Waals surface area contributed by atoms with Crippen LogP contribution in [-0.2, 0) is 28.9 Å². The van der Waals surface area contributed by atoms with Gasteiger partial charge in [-0.05, 0) is 44.2 Å². The Bertz CT molecular complexity index is 1090. The van der Waals surface area contributed by atoms with Crippen molar-refractivity contribution in [1.29, 1.82) is 0 Å². The molecule has 1 aromatic carbocycles. The molecule has 0 bridgehead atoms. The number of hydrogen-bond donors (Lipinski definition) is 1. The Labute approximate surface area is 201 Å². The van der Waals surface area contributed by atoms with Gasteiger partial charge in [0.25, 0.3) is 5.91 Å². The van der Waals surface area contributed by atoms with Gasteiger partial charge in [0.1, 0.15) is 10.9 Å². The zero-order chi connectivity index (χ0) is 23.3. The Balaban J connectivity index is 1.44. The van der Waals surface area contributed by atoms with Crippen molar-refractivity contribution in [2.24, 2.45) is 5.16 Å². The SMILES string of the molecule is O=C(Nc1ncc(Cl)s1)C(=NOCCOC1CCCCO1)c1ccc(S(=O)(=O)C2CC2)cc1. The van der Waals surface area contributed by atoms with Crippen LogP contribution in [0.2, 0.25) is 4.34 Å². The van der Waals surface area contributed by atoms with Crippen LogP contribution in [-0.4, -0.2) is 56.4 Å². The highest BCUT2D eigenvalue weighted by molar-refractivity contribution is 7.92. The number of thiazole rings is 1. The number of carbonyl (C=O) groups is 1. The summed E-state index contributed by atoms with van der Waals surface area (Å²) >= 11 is 6.99. The number of hydrogen-bond acceptors (Lipinski definition) is 9. The molecule has 1 aromatic heterocycles. The van der Waals surface area contributed by atoms with E-state index in [1.807, 2.05) is 0 Å². The average Bonchev–Trinajstić information content (AvgIpc) is 3.60. The largest absolute Gasteiger partial charge is 0.393 e. The van der Waals surface area contributed by atoms with Crippen LogP contribution < -0.4 is 5.32 Å². The molecule has 1 saturated heterocycles. The summed E-state index contributed by atoms with van der Waals surface area (Å²) in [6.45, 7) is 1.05. The van der Waals surface area contributed by atoms with Gasteiger partial charge in [-0.15, -0.1) is 0 Å². The number of ether oxygens (including phenoxy) is 2. The van der Waals surface area contributed by atoms with Crippen molar-refractivity contribution >= 4 is 49.5 Å². The summed E-state index contributed by atoms with van der Waals surface area (Å²) in [6.07, 6.45) is 5.46. The molecule has 0 radical (unpaired) electrons. The van der Waals surface area contributed by atoms with Crippen LogP contribution >= 0.6 is 22.9 Å². The maximum Gasteiger partial charge on any atom is 0.280 e. The molecule has 2 fully saturated rings. The highest BCUT2D eigenvalue weighted by atomic mass is 35.5. The number of amides is 1. The van der Waals surface area contributed by atoms with E-state index in [1.165, 1.54) is 30.5 Å². The van der Waals surface area contributed by atoms with E-state index in [-0.39, 0.29) is 35.4 Å². The van der Waals surface area contributed by atoms with Crippen molar-refractivity contribution in [3.05, 3.63) is 40.4 Å². The van der Waals surface area contributed by atoms with Gasteiger partial charge in [0.05, 0.1) is 22.9 Å². The third-order valence-electron chi connectivity index (χ3n) is 5.10. The molecule has 9 nitrogen and oxygen atoms in total. The number of halogens is 1. The molecule has 2 aromatic rings. The maximum absolute atomic E-state index is 12.9. The van der Waals surface area contributed by atoms with Gasteiger partial charge in [-0.25, -0.2) is 13.4 Å². The van der Waals surface area contributed by atoms with E-state index in [0.29, 0.717) is 34.5 Å². The molecule has 33 heavy (non-hydrogen) atoms. The van der Waals surface area contributed by atoms with E-state index in [2.05, 4.69) is 15.5 Å². The van der Waals surface area contributed by atoms with Gasteiger partial charge in [-0.2, -0.15) is 0 Å². The molecule has 1 aliphatic carbocycles. The van der Waals surface area contributed by atoms with Crippen LogP contribution in [0.5, 0.6) is 0 Å². The van der Waals surface area contributed by atoms with E-state index < -0.39 is 15.7 Å². The van der Waals surface area contributed by atoms with E-state index in [0.717, 1.165) is 30.6 Å². The second-order valence-electron chi connectivity index (χ2n) is 7.63. The second-order valence-corrected chi connectivity index (χ2v) is 11.5. The molecule has 1 aliphatic heterocycles. The number of anilines is 1. The lowest BCUT2D eigenvalue weighted by Gasteiger charge is -2.22. The molecule has 178 valence electrons. The molecule has 0 spiro atoms. The monoisotopic (exact) mass is 513 g/mol. The standard InChI is InChI=1S/C21H24ClN3O6S2/c22-17-13-23-21(32-17)24-20(26)19(25-31-12-11-30-18-3-1-2-10-29-18)14-4-6-15(7-5-14)33(27,28)16-8-9-16/h4-7,13,16,18H,1-3,8-12H2,(H,23,24,26). The van der Waals surface area contributed by atoms with Crippen LogP contribution in [0.15, 0.2) is 40.5 Å². The van der Waals surface area contributed by atoms with Crippen LogP contribution in [0, 0.1) is 0 Å². The van der Waals surface area contributed by atoms with Gasteiger partial charge in [0, 0.05) is 12.2 Å². The summed E-state index contributed by atoms with van der Waals surface area (Å²) in [4.78, 5) is 22.4. The third-order valence-corrected chi connectivity index (χ3v) is 8.41. The minimum absolute atomic E-state index is 0.0226. The van der Waals surface area contributed by atoms with Gasteiger partial charge in [0.15, 0.2) is 27.0 Å². The number of sulfone groups is 1. The van der Waals surface area contributed by atoms with Gasteiger partial charge in [-0.3, -0.25) is 10.1 Å². The molecule has 1 saturated carbocycles. The zero-order valence-corrected chi connectivity index (χ0v) is 20.1. The lowest BCUT2D eigenvalue weighted by Crippen LogP contribution is -2.25. The lowest BCUT2D eigenvalue weighted by molar-refractivity contribution is -0.169. The minimum atomic E-state index is -3.33. The summed E-state index contributed by atoms with van der Waals surface area (Å²) < 4.78 is 36.4. The minimum Gasteiger partial charge on any atom is -0.393 e. The molecule has 1 atom stereocenters. The molecule has 4 rings (SSSR count). The van der Waals surface area contributed by atoms with E-state index >= 15 is 0 Å². The van der Waals surface area contributed by atoms with E-state index in [9.17, 15) is 13.2 Å². The Kier molecular flexibility index (Phi) is 7.97. The smallest absolute Gasteiger partial charge is 0.280 e. The first-order chi connectivity index (χ1) is 15.9. The van der Waals surface area contributed by atoms with Crippen molar-refractivity contribution in [3.63, 3.8) is 0 Å². The first-order valence-corrected chi connectivity index (χ1v) is 13.4. The highest BCUT2D eigenvalue weighted by Crippen LogP contribution is 2.33. The Hall–Kier alpha value is -2.05. The number of nitrogens with zero attached hydrogens (tertiary/aromatic N) is 2. The van der Waals surface area contributed by atoms with Crippen molar-refractivity contribution < 1.29 is 27.5 Å². The normalized spacial score (nSPS) is 19.3. The fraction of sp³-hybridized carbons (Fsp3) is 0.476. The molecule has 1 N–H and O–H groups in total. The predicted octanol–water partition coefficient (Wildman–Crippen LogP) is 3.64. The van der Waals surface area contributed by atoms with E-state index in [1.54, 1.807) is 0 Å². The second kappa shape index (κ2) is 10.9.